The lowest BCUT2D eigenvalue weighted by Gasteiger charge is -2.07. The SMILES string of the molecule is O=C(NCCO)c1ccn(-c2ccc3ccc(-c4ccccc4)cn23)n1. The van der Waals surface area contributed by atoms with Crippen LogP contribution in [-0.4, -0.2) is 38.3 Å². The summed E-state index contributed by atoms with van der Waals surface area (Å²) in [7, 11) is 0. The smallest absolute Gasteiger partial charge is 0.271 e. The van der Waals surface area contributed by atoms with Crippen LogP contribution in [0.1, 0.15) is 10.5 Å². The maximum atomic E-state index is 12.0. The molecule has 0 bridgehead atoms. The van der Waals surface area contributed by atoms with Gasteiger partial charge >= 0.3 is 0 Å². The number of nitrogens with zero attached hydrogens (tertiary/aromatic N) is 3. The number of nitrogens with one attached hydrogen (secondary N) is 1. The maximum absolute atomic E-state index is 12.0. The molecule has 6 heteroatoms. The molecule has 0 saturated carbocycles. The molecule has 1 aromatic carbocycles. The van der Waals surface area contributed by atoms with Crippen LogP contribution in [0.3, 0.4) is 0 Å². The molecule has 0 fully saturated rings. The van der Waals surface area contributed by atoms with Crippen LogP contribution in [0.4, 0.5) is 0 Å². The number of rotatable bonds is 5. The van der Waals surface area contributed by atoms with E-state index in [1.807, 2.05) is 34.7 Å². The highest BCUT2D eigenvalue weighted by Crippen LogP contribution is 2.22. The molecule has 6 nitrogen and oxygen atoms in total. The first-order valence-corrected chi connectivity index (χ1v) is 8.38. The van der Waals surface area contributed by atoms with E-state index < -0.39 is 0 Å². The van der Waals surface area contributed by atoms with Gasteiger partial charge in [-0.05, 0) is 35.4 Å². The van der Waals surface area contributed by atoms with E-state index in [4.69, 9.17) is 5.11 Å². The molecule has 3 aromatic heterocycles. The Balaban J connectivity index is 1.71. The van der Waals surface area contributed by atoms with E-state index in [0.29, 0.717) is 5.69 Å². The second kappa shape index (κ2) is 6.85. The van der Waals surface area contributed by atoms with Gasteiger partial charge in [-0.25, -0.2) is 4.68 Å². The van der Waals surface area contributed by atoms with Crippen molar-refractivity contribution in [2.75, 3.05) is 13.2 Å². The molecule has 3 heterocycles. The molecule has 0 atom stereocenters. The minimum absolute atomic E-state index is 0.0992. The highest BCUT2D eigenvalue weighted by Gasteiger charge is 2.12. The number of aliphatic hydroxyl groups excluding tert-OH is 1. The van der Waals surface area contributed by atoms with Crippen LogP contribution in [0.5, 0.6) is 0 Å². The van der Waals surface area contributed by atoms with Crippen molar-refractivity contribution in [3.63, 3.8) is 0 Å². The molecular formula is C20H18N4O2. The van der Waals surface area contributed by atoms with E-state index in [2.05, 4.69) is 40.9 Å². The van der Waals surface area contributed by atoms with E-state index in [1.54, 1.807) is 16.9 Å². The molecule has 0 aliphatic rings. The Morgan fingerprint density at radius 1 is 1.00 bits per heavy atom. The zero-order chi connectivity index (χ0) is 17.9. The van der Waals surface area contributed by atoms with Crippen molar-refractivity contribution in [3.05, 3.63) is 78.8 Å². The number of hydrogen-bond acceptors (Lipinski definition) is 3. The number of aromatic nitrogens is 3. The van der Waals surface area contributed by atoms with Crippen LogP contribution in [0.15, 0.2) is 73.1 Å². The summed E-state index contributed by atoms with van der Waals surface area (Å²) in [4.78, 5) is 12.0. The molecule has 0 unspecified atom stereocenters. The van der Waals surface area contributed by atoms with Gasteiger partial charge in [0.15, 0.2) is 5.69 Å². The molecule has 26 heavy (non-hydrogen) atoms. The van der Waals surface area contributed by atoms with Crippen LogP contribution < -0.4 is 5.32 Å². The normalized spacial score (nSPS) is 11.0. The first-order valence-electron chi connectivity index (χ1n) is 8.38. The Labute approximate surface area is 150 Å². The van der Waals surface area contributed by atoms with Crippen molar-refractivity contribution in [1.29, 1.82) is 0 Å². The molecule has 1 amide bonds. The van der Waals surface area contributed by atoms with Crippen molar-refractivity contribution >= 4 is 11.4 Å². The Hall–Kier alpha value is -3.38. The van der Waals surface area contributed by atoms with Gasteiger partial charge in [-0.2, -0.15) is 5.10 Å². The third-order valence-electron chi connectivity index (χ3n) is 4.19. The van der Waals surface area contributed by atoms with E-state index in [-0.39, 0.29) is 19.1 Å². The largest absolute Gasteiger partial charge is 0.395 e. The Bertz CT molecular complexity index is 1050. The zero-order valence-corrected chi connectivity index (χ0v) is 14.0. The lowest BCUT2D eigenvalue weighted by molar-refractivity contribution is 0.0939. The van der Waals surface area contributed by atoms with E-state index >= 15 is 0 Å². The summed E-state index contributed by atoms with van der Waals surface area (Å²) in [5.41, 5.74) is 3.59. The quantitative estimate of drug-likeness (QED) is 0.583. The topological polar surface area (TPSA) is 71.6 Å². The second-order valence-corrected chi connectivity index (χ2v) is 5.90. The minimum Gasteiger partial charge on any atom is -0.395 e. The van der Waals surface area contributed by atoms with Crippen molar-refractivity contribution in [2.45, 2.75) is 0 Å². The summed E-state index contributed by atoms with van der Waals surface area (Å²) in [5.74, 6) is 0.544. The summed E-state index contributed by atoms with van der Waals surface area (Å²) in [6.45, 7) is 0.109. The van der Waals surface area contributed by atoms with Gasteiger partial charge in [0.25, 0.3) is 5.91 Å². The highest BCUT2D eigenvalue weighted by atomic mass is 16.3. The van der Waals surface area contributed by atoms with Gasteiger partial charge < -0.3 is 14.8 Å². The van der Waals surface area contributed by atoms with Crippen molar-refractivity contribution in [1.82, 2.24) is 19.5 Å². The number of hydrogen-bond donors (Lipinski definition) is 2. The number of amides is 1. The molecule has 4 aromatic rings. The van der Waals surface area contributed by atoms with Gasteiger partial charge in [-0.3, -0.25) is 4.79 Å². The third kappa shape index (κ3) is 2.98. The number of fused-ring (bicyclic) bond motifs is 1. The average molecular weight is 346 g/mol. The summed E-state index contributed by atoms with van der Waals surface area (Å²) >= 11 is 0. The van der Waals surface area contributed by atoms with Crippen LogP contribution in [0, 0.1) is 0 Å². The van der Waals surface area contributed by atoms with Crippen molar-refractivity contribution < 1.29 is 9.90 Å². The number of carbonyl (C=O) groups is 1. The number of carbonyl (C=O) groups excluding carboxylic acids is 1. The maximum Gasteiger partial charge on any atom is 0.271 e. The number of pyridine rings is 1. The number of benzene rings is 1. The monoisotopic (exact) mass is 346 g/mol. The third-order valence-corrected chi connectivity index (χ3v) is 4.19. The average Bonchev–Trinajstić information content (AvgIpc) is 3.33. The van der Waals surface area contributed by atoms with Gasteiger partial charge in [-0.1, -0.05) is 36.4 Å². The Morgan fingerprint density at radius 2 is 1.81 bits per heavy atom. The van der Waals surface area contributed by atoms with Crippen molar-refractivity contribution in [2.24, 2.45) is 0 Å². The van der Waals surface area contributed by atoms with Gasteiger partial charge in [0.2, 0.25) is 0 Å². The summed E-state index contributed by atoms with van der Waals surface area (Å²) in [5, 5.41) is 15.8. The van der Waals surface area contributed by atoms with Crippen LogP contribution in [0.2, 0.25) is 0 Å². The number of aliphatic hydroxyl groups is 1. The Kier molecular flexibility index (Phi) is 4.25. The second-order valence-electron chi connectivity index (χ2n) is 5.90. The van der Waals surface area contributed by atoms with Crippen LogP contribution in [-0.2, 0) is 0 Å². The first kappa shape index (κ1) is 16.1. The summed E-state index contributed by atoms with van der Waals surface area (Å²) in [6.07, 6.45) is 3.82. The predicted octanol–water partition coefficient (Wildman–Crippen LogP) is 2.51. The summed E-state index contributed by atoms with van der Waals surface area (Å²) in [6, 6.07) is 20.0. The molecule has 2 N–H and O–H groups in total. The van der Waals surface area contributed by atoms with E-state index in [9.17, 15) is 4.79 Å². The van der Waals surface area contributed by atoms with Crippen LogP contribution in [0.25, 0.3) is 22.5 Å². The van der Waals surface area contributed by atoms with Gasteiger partial charge in [-0.15, -0.1) is 0 Å². The lowest BCUT2D eigenvalue weighted by atomic mass is 10.1. The summed E-state index contributed by atoms with van der Waals surface area (Å²) < 4.78 is 3.72. The molecule has 0 aliphatic heterocycles. The van der Waals surface area contributed by atoms with Crippen LogP contribution >= 0.6 is 0 Å². The van der Waals surface area contributed by atoms with Gasteiger partial charge in [0, 0.05) is 24.5 Å². The fourth-order valence-electron chi connectivity index (χ4n) is 2.91. The molecule has 0 saturated heterocycles. The molecule has 4 rings (SSSR count). The van der Waals surface area contributed by atoms with E-state index in [0.717, 1.165) is 22.5 Å². The minimum atomic E-state index is -0.302. The molecule has 0 aliphatic carbocycles. The fourth-order valence-corrected chi connectivity index (χ4v) is 2.91. The van der Waals surface area contributed by atoms with Gasteiger partial charge in [0.05, 0.1) is 6.61 Å². The molecule has 0 radical (unpaired) electrons. The van der Waals surface area contributed by atoms with Gasteiger partial charge in [0.1, 0.15) is 5.82 Å². The lowest BCUT2D eigenvalue weighted by Crippen LogP contribution is -2.26. The molecule has 130 valence electrons. The Morgan fingerprint density at radius 3 is 2.62 bits per heavy atom. The fraction of sp³-hybridized carbons (Fsp3) is 0.100. The standard InChI is InChI=1S/C20H18N4O2/c25-13-11-21-20(26)18-10-12-24(22-18)19-9-8-17-7-6-16(14-23(17)19)15-4-2-1-3-5-15/h1-10,12,14,25H,11,13H2,(H,21,26). The highest BCUT2D eigenvalue weighted by molar-refractivity contribution is 5.92. The predicted molar refractivity (Wildman–Crippen MR) is 99.4 cm³/mol. The first-order chi connectivity index (χ1) is 12.8. The molecule has 0 spiro atoms. The molecular weight excluding hydrogens is 328 g/mol. The van der Waals surface area contributed by atoms with Crippen molar-refractivity contribution in [3.8, 4) is 16.9 Å². The van der Waals surface area contributed by atoms with E-state index in [1.165, 1.54) is 0 Å². The zero-order valence-electron chi connectivity index (χ0n) is 14.0.